The number of likely N-dealkylation sites (tertiary alicyclic amines) is 1. The first-order valence-corrected chi connectivity index (χ1v) is 8.23. The normalized spacial score (nSPS) is 22.5. The van der Waals surface area contributed by atoms with Crippen molar-refractivity contribution in [3.8, 4) is 0 Å². The van der Waals surface area contributed by atoms with Gasteiger partial charge in [0.2, 0.25) is 10.0 Å². The van der Waals surface area contributed by atoms with E-state index in [9.17, 15) is 13.2 Å². The highest BCUT2D eigenvalue weighted by atomic mass is 35.5. The average Bonchev–Trinajstić information content (AvgIpc) is 2.80. The summed E-state index contributed by atoms with van der Waals surface area (Å²) in [5.74, 6) is 0. The van der Waals surface area contributed by atoms with E-state index in [0.717, 1.165) is 0 Å². The molecule has 1 aromatic rings. The summed E-state index contributed by atoms with van der Waals surface area (Å²) in [5.41, 5.74) is -0.756. The fraction of sp³-hybridized carbons (Fsp3) is 0.500. The SMILES string of the molecule is CC1(CNS(=O)(=O)c2cccnc2Cl)CCCN1C(=O)O. The molecule has 9 heteroatoms. The van der Waals surface area contributed by atoms with Gasteiger partial charge in [0, 0.05) is 19.3 Å². The minimum absolute atomic E-state index is 0.00709. The molecular formula is C12H16ClN3O4S. The van der Waals surface area contributed by atoms with Crippen LogP contribution in [0.5, 0.6) is 0 Å². The van der Waals surface area contributed by atoms with Crippen LogP contribution in [0.2, 0.25) is 5.15 Å². The van der Waals surface area contributed by atoms with E-state index in [1.165, 1.54) is 23.2 Å². The molecule has 0 aliphatic carbocycles. The summed E-state index contributed by atoms with van der Waals surface area (Å²) in [6.45, 7) is 2.12. The molecule has 2 heterocycles. The molecule has 1 saturated heterocycles. The zero-order chi connectivity index (χ0) is 15.7. The van der Waals surface area contributed by atoms with Gasteiger partial charge in [-0.05, 0) is 31.9 Å². The Bertz CT molecular complexity index is 652. The van der Waals surface area contributed by atoms with Crippen LogP contribution in [-0.2, 0) is 10.0 Å². The van der Waals surface area contributed by atoms with E-state index < -0.39 is 21.7 Å². The lowest BCUT2D eigenvalue weighted by Crippen LogP contribution is -2.51. The van der Waals surface area contributed by atoms with Gasteiger partial charge in [0.1, 0.15) is 10.0 Å². The summed E-state index contributed by atoms with van der Waals surface area (Å²) < 4.78 is 26.9. The summed E-state index contributed by atoms with van der Waals surface area (Å²) in [6, 6.07) is 2.82. The first-order valence-electron chi connectivity index (χ1n) is 6.37. The smallest absolute Gasteiger partial charge is 0.407 e. The Morgan fingerprint density at radius 3 is 2.95 bits per heavy atom. The van der Waals surface area contributed by atoms with Gasteiger partial charge in [-0.25, -0.2) is 22.9 Å². The first kappa shape index (κ1) is 16.0. The van der Waals surface area contributed by atoms with Gasteiger partial charge in [-0.15, -0.1) is 0 Å². The highest BCUT2D eigenvalue weighted by Gasteiger charge is 2.40. The maximum atomic E-state index is 12.2. The molecule has 0 spiro atoms. The Labute approximate surface area is 128 Å². The van der Waals surface area contributed by atoms with E-state index in [4.69, 9.17) is 16.7 Å². The molecule has 1 fully saturated rings. The lowest BCUT2D eigenvalue weighted by atomic mass is 10.00. The fourth-order valence-corrected chi connectivity index (χ4v) is 4.05. The molecule has 1 aromatic heterocycles. The minimum atomic E-state index is -3.83. The second kappa shape index (κ2) is 5.78. The first-order chi connectivity index (χ1) is 9.76. The number of hydrogen-bond acceptors (Lipinski definition) is 4. The summed E-state index contributed by atoms with van der Waals surface area (Å²) in [7, 11) is -3.83. The quantitative estimate of drug-likeness (QED) is 0.814. The lowest BCUT2D eigenvalue weighted by Gasteiger charge is -2.33. The summed E-state index contributed by atoms with van der Waals surface area (Å²) >= 11 is 5.78. The van der Waals surface area contributed by atoms with Gasteiger partial charge in [-0.2, -0.15) is 0 Å². The molecule has 0 bridgehead atoms. The van der Waals surface area contributed by atoms with Crippen LogP contribution >= 0.6 is 11.6 Å². The molecule has 116 valence electrons. The van der Waals surface area contributed by atoms with Crippen molar-refractivity contribution in [2.75, 3.05) is 13.1 Å². The van der Waals surface area contributed by atoms with E-state index in [2.05, 4.69) is 9.71 Å². The third kappa shape index (κ3) is 3.28. The van der Waals surface area contributed by atoms with Crippen LogP contribution in [0.15, 0.2) is 23.2 Å². The Morgan fingerprint density at radius 2 is 2.33 bits per heavy atom. The highest BCUT2D eigenvalue weighted by Crippen LogP contribution is 2.29. The molecule has 1 aliphatic heterocycles. The van der Waals surface area contributed by atoms with Gasteiger partial charge >= 0.3 is 6.09 Å². The van der Waals surface area contributed by atoms with Gasteiger partial charge in [-0.3, -0.25) is 0 Å². The Balaban J connectivity index is 2.16. The fourth-order valence-electron chi connectivity index (χ4n) is 2.43. The average molecular weight is 334 g/mol. The molecule has 0 aromatic carbocycles. The standard InChI is InChI=1S/C12H16ClN3O4S/c1-12(5-3-7-16(12)11(17)18)8-15-21(19,20)9-4-2-6-14-10(9)13/h2,4,6,15H,3,5,7-8H2,1H3,(H,17,18). The van der Waals surface area contributed by atoms with Crippen molar-refractivity contribution in [3.05, 3.63) is 23.5 Å². The van der Waals surface area contributed by atoms with Crippen LogP contribution in [0, 0.1) is 0 Å². The van der Waals surface area contributed by atoms with Crippen LogP contribution in [0.3, 0.4) is 0 Å². The molecule has 2 rings (SSSR count). The third-order valence-electron chi connectivity index (χ3n) is 3.64. The molecule has 1 unspecified atom stereocenters. The number of nitrogens with one attached hydrogen (secondary N) is 1. The zero-order valence-electron chi connectivity index (χ0n) is 11.4. The Kier molecular flexibility index (Phi) is 4.40. The molecular weight excluding hydrogens is 318 g/mol. The molecule has 0 radical (unpaired) electrons. The van der Waals surface area contributed by atoms with Crippen LogP contribution < -0.4 is 4.72 Å². The van der Waals surface area contributed by atoms with Crippen molar-refractivity contribution >= 4 is 27.7 Å². The molecule has 7 nitrogen and oxygen atoms in total. The number of nitrogens with zero attached hydrogens (tertiary/aromatic N) is 2. The van der Waals surface area contributed by atoms with Crippen LogP contribution in [0.25, 0.3) is 0 Å². The maximum Gasteiger partial charge on any atom is 0.407 e. The molecule has 1 aliphatic rings. The molecule has 21 heavy (non-hydrogen) atoms. The Hall–Kier alpha value is -1.38. The predicted octanol–water partition coefficient (Wildman–Crippen LogP) is 1.55. The van der Waals surface area contributed by atoms with Crippen molar-refractivity contribution in [3.63, 3.8) is 0 Å². The number of carbonyl (C=O) groups is 1. The van der Waals surface area contributed by atoms with Crippen LogP contribution in [0.1, 0.15) is 19.8 Å². The van der Waals surface area contributed by atoms with E-state index >= 15 is 0 Å². The third-order valence-corrected chi connectivity index (χ3v) is 5.48. The van der Waals surface area contributed by atoms with E-state index in [0.29, 0.717) is 19.4 Å². The van der Waals surface area contributed by atoms with E-state index in [-0.39, 0.29) is 16.6 Å². The van der Waals surface area contributed by atoms with Crippen molar-refractivity contribution in [2.45, 2.75) is 30.2 Å². The van der Waals surface area contributed by atoms with Crippen molar-refractivity contribution < 1.29 is 18.3 Å². The number of carboxylic acid groups (broad SMARTS) is 1. The molecule has 2 N–H and O–H groups in total. The maximum absolute atomic E-state index is 12.2. The molecule has 0 saturated carbocycles. The van der Waals surface area contributed by atoms with Crippen LogP contribution in [0.4, 0.5) is 4.79 Å². The van der Waals surface area contributed by atoms with Gasteiger partial charge < -0.3 is 10.0 Å². The Morgan fingerprint density at radius 1 is 1.62 bits per heavy atom. The zero-order valence-corrected chi connectivity index (χ0v) is 13.0. The number of aromatic nitrogens is 1. The van der Waals surface area contributed by atoms with E-state index in [1.54, 1.807) is 6.92 Å². The number of amides is 1. The van der Waals surface area contributed by atoms with Crippen molar-refractivity contribution in [1.29, 1.82) is 0 Å². The molecule has 1 amide bonds. The van der Waals surface area contributed by atoms with Gasteiger partial charge in [0.05, 0.1) is 5.54 Å². The highest BCUT2D eigenvalue weighted by molar-refractivity contribution is 7.89. The van der Waals surface area contributed by atoms with E-state index in [1.807, 2.05) is 0 Å². The molecule has 1 atom stereocenters. The monoisotopic (exact) mass is 333 g/mol. The minimum Gasteiger partial charge on any atom is -0.465 e. The van der Waals surface area contributed by atoms with Crippen molar-refractivity contribution in [1.82, 2.24) is 14.6 Å². The summed E-state index contributed by atoms with van der Waals surface area (Å²) in [6.07, 6.45) is 1.65. The number of halogens is 1. The van der Waals surface area contributed by atoms with Gasteiger partial charge in [-0.1, -0.05) is 11.6 Å². The van der Waals surface area contributed by atoms with Gasteiger partial charge in [0.25, 0.3) is 0 Å². The second-order valence-corrected chi connectivity index (χ2v) is 7.24. The number of pyridine rings is 1. The lowest BCUT2D eigenvalue weighted by molar-refractivity contribution is 0.111. The number of sulfonamides is 1. The second-order valence-electron chi connectivity index (χ2n) is 5.15. The summed E-state index contributed by atoms with van der Waals surface area (Å²) in [5, 5.41) is 9.04. The largest absolute Gasteiger partial charge is 0.465 e. The number of hydrogen-bond donors (Lipinski definition) is 2. The van der Waals surface area contributed by atoms with Crippen molar-refractivity contribution in [2.24, 2.45) is 0 Å². The van der Waals surface area contributed by atoms with Gasteiger partial charge in [0.15, 0.2) is 0 Å². The predicted molar refractivity (Wildman–Crippen MR) is 76.8 cm³/mol. The van der Waals surface area contributed by atoms with Crippen LogP contribution in [-0.4, -0.2) is 48.1 Å². The topological polar surface area (TPSA) is 99.6 Å². The summed E-state index contributed by atoms with van der Waals surface area (Å²) in [4.78, 5) is 16.1. The number of rotatable bonds is 4.